The number of ketones is 1. The van der Waals surface area contributed by atoms with E-state index in [0.717, 1.165) is 23.4 Å². The molecule has 1 fully saturated rings. The molecule has 1 aromatic heterocycles. The van der Waals surface area contributed by atoms with Crippen molar-refractivity contribution in [2.75, 3.05) is 24.2 Å². The highest BCUT2D eigenvalue weighted by Gasteiger charge is 2.36. The number of ether oxygens (including phenoxy) is 1. The number of rotatable bonds is 9. The molecule has 0 N–H and O–H groups in total. The average Bonchev–Trinajstić information content (AvgIpc) is 3.40. The van der Waals surface area contributed by atoms with E-state index in [0.29, 0.717) is 28.5 Å². The van der Waals surface area contributed by atoms with E-state index in [1.807, 2.05) is 0 Å². The van der Waals surface area contributed by atoms with Crippen LogP contribution in [0.5, 0.6) is 0 Å². The van der Waals surface area contributed by atoms with Crippen molar-refractivity contribution >= 4 is 39.6 Å². The predicted octanol–water partition coefficient (Wildman–Crippen LogP) is 2.55. The Morgan fingerprint density at radius 3 is 2.75 bits per heavy atom. The molecule has 1 aromatic carbocycles. The molecule has 8 nitrogen and oxygen atoms in total. The van der Waals surface area contributed by atoms with Crippen molar-refractivity contribution in [1.82, 2.24) is 5.16 Å². The lowest BCUT2D eigenvalue weighted by molar-refractivity contribution is -0.128. The van der Waals surface area contributed by atoms with Crippen LogP contribution in [0.25, 0.3) is 0 Å². The van der Waals surface area contributed by atoms with Gasteiger partial charge in [0.2, 0.25) is 15.8 Å². The molecule has 0 unspecified atom stereocenters. The quantitative estimate of drug-likeness (QED) is 0.344. The van der Waals surface area contributed by atoms with E-state index in [1.165, 1.54) is 25.2 Å². The maximum absolute atomic E-state index is 13.4. The normalized spacial score (nSPS) is 14.0. The van der Waals surface area contributed by atoms with Crippen LogP contribution in [0.3, 0.4) is 0 Å². The summed E-state index contributed by atoms with van der Waals surface area (Å²) in [6.07, 6.45) is 3.02. The lowest BCUT2D eigenvalue weighted by Crippen LogP contribution is -2.27. The zero-order chi connectivity index (χ0) is 20.5. The molecule has 0 atom stereocenters. The number of sulfonamides is 1. The van der Waals surface area contributed by atoms with Crippen molar-refractivity contribution in [3.63, 3.8) is 0 Å². The molecule has 0 saturated heterocycles. The number of nitrogens with zero attached hydrogens (tertiary/aromatic N) is 2. The van der Waals surface area contributed by atoms with Gasteiger partial charge in [0.1, 0.15) is 0 Å². The number of carbonyl (C=O) groups is 2. The first-order chi connectivity index (χ1) is 13.2. The number of hydrogen-bond acceptors (Lipinski definition) is 7. The van der Waals surface area contributed by atoms with Crippen LogP contribution >= 0.6 is 11.6 Å². The fourth-order valence-corrected chi connectivity index (χ4v) is 3.52. The van der Waals surface area contributed by atoms with Crippen molar-refractivity contribution in [3.05, 3.63) is 45.8 Å². The van der Waals surface area contributed by atoms with E-state index >= 15 is 0 Å². The topological polar surface area (TPSA) is 107 Å². The molecule has 0 radical (unpaired) electrons. The third kappa shape index (κ3) is 4.20. The number of halogens is 1. The highest BCUT2D eigenvalue weighted by molar-refractivity contribution is 7.92. The predicted molar refractivity (Wildman–Crippen MR) is 102 cm³/mol. The average molecular weight is 427 g/mol. The first-order valence-corrected chi connectivity index (χ1v) is 10.8. The Kier molecular flexibility index (Phi) is 5.76. The third-order valence-electron chi connectivity index (χ3n) is 4.53. The molecule has 0 aliphatic heterocycles. The Bertz CT molecular complexity index is 1010. The summed E-state index contributed by atoms with van der Waals surface area (Å²) in [5.41, 5.74) is 0.997. The number of carbonyl (C=O) groups excluding carboxylic acids is 2. The second kappa shape index (κ2) is 7.92. The van der Waals surface area contributed by atoms with Gasteiger partial charge in [0.25, 0.3) is 6.47 Å². The Hall–Kier alpha value is -2.39. The summed E-state index contributed by atoms with van der Waals surface area (Å²) >= 11 is 6.03. The molecule has 2 aromatic rings. The minimum Gasteiger partial charge on any atom is -0.467 e. The van der Waals surface area contributed by atoms with Crippen LogP contribution < -0.4 is 4.31 Å². The SMILES string of the molecule is CN(c1cc(Cl)ccc1C(=O)c1c(CCOC=O)noc1C1CC1)S(C)(=O)=O. The fourth-order valence-electron chi connectivity index (χ4n) is 2.85. The lowest BCUT2D eigenvalue weighted by atomic mass is 9.97. The molecule has 3 rings (SSSR count). The number of hydrogen-bond donors (Lipinski definition) is 0. The van der Waals surface area contributed by atoms with Crippen molar-refractivity contribution in [2.45, 2.75) is 25.2 Å². The van der Waals surface area contributed by atoms with E-state index in [4.69, 9.17) is 20.9 Å². The molecule has 0 amide bonds. The van der Waals surface area contributed by atoms with E-state index in [2.05, 4.69) is 5.16 Å². The van der Waals surface area contributed by atoms with Crippen LogP contribution in [0.15, 0.2) is 22.7 Å². The summed E-state index contributed by atoms with van der Waals surface area (Å²) in [7, 11) is -2.26. The van der Waals surface area contributed by atoms with Crippen molar-refractivity contribution in [3.8, 4) is 0 Å². The second-order valence-corrected chi connectivity index (χ2v) is 9.03. The molecule has 10 heteroatoms. The van der Waals surface area contributed by atoms with Crippen LogP contribution in [0.4, 0.5) is 5.69 Å². The molecule has 1 heterocycles. The van der Waals surface area contributed by atoms with E-state index in [1.54, 1.807) is 0 Å². The highest BCUT2D eigenvalue weighted by atomic mass is 35.5. The van der Waals surface area contributed by atoms with Gasteiger partial charge >= 0.3 is 0 Å². The molecular formula is C18H19ClN2O6S. The third-order valence-corrected chi connectivity index (χ3v) is 5.96. The van der Waals surface area contributed by atoms with E-state index < -0.39 is 15.8 Å². The Labute approximate surface area is 167 Å². The van der Waals surface area contributed by atoms with Crippen LogP contribution in [0, 0.1) is 0 Å². The van der Waals surface area contributed by atoms with Gasteiger partial charge in [-0.2, -0.15) is 0 Å². The first-order valence-electron chi connectivity index (χ1n) is 8.56. The summed E-state index contributed by atoms with van der Waals surface area (Å²) in [5, 5.41) is 4.29. The van der Waals surface area contributed by atoms with E-state index in [9.17, 15) is 18.0 Å². The van der Waals surface area contributed by atoms with Gasteiger partial charge in [0.05, 0.1) is 29.8 Å². The van der Waals surface area contributed by atoms with Crippen LogP contribution in [0.2, 0.25) is 5.02 Å². The molecule has 1 aliphatic rings. The number of aromatic nitrogens is 1. The monoisotopic (exact) mass is 426 g/mol. The molecule has 28 heavy (non-hydrogen) atoms. The molecular weight excluding hydrogens is 408 g/mol. The smallest absolute Gasteiger partial charge is 0.293 e. The number of benzene rings is 1. The zero-order valence-electron chi connectivity index (χ0n) is 15.3. The first kappa shape index (κ1) is 20.3. The van der Waals surface area contributed by atoms with Crippen LogP contribution in [-0.4, -0.2) is 45.7 Å². The van der Waals surface area contributed by atoms with E-state index in [-0.39, 0.29) is 30.2 Å². The zero-order valence-corrected chi connectivity index (χ0v) is 16.9. The summed E-state index contributed by atoms with van der Waals surface area (Å²) < 4.78 is 35.2. The lowest BCUT2D eigenvalue weighted by Gasteiger charge is -2.20. The van der Waals surface area contributed by atoms with Gasteiger partial charge in [-0.05, 0) is 31.0 Å². The second-order valence-electron chi connectivity index (χ2n) is 6.58. The Balaban J connectivity index is 2.07. The van der Waals surface area contributed by atoms with Crippen LogP contribution in [0.1, 0.15) is 46.1 Å². The van der Waals surface area contributed by atoms with Gasteiger partial charge in [-0.1, -0.05) is 16.8 Å². The minimum absolute atomic E-state index is 0.0527. The van der Waals surface area contributed by atoms with Crippen molar-refractivity contribution in [2.24, 2.45) is 0 Å². The summed E-state index contributed by atoms with van der Waals surface area (Å²) in [4.78, 5) is 23.8. The van der Waals surface area contributed by atoms with Crippen molar-refractivity contribution in [1.29, 1.82) is 0 Å². The minimum atomic E-state index is -3.61. The van der Waals surface area contributed by atoms with Gasteiger partial charge in [-0.25, -0.2) is 8.42 Å². The fraction of sp³-hybridized carbons (Fsp3) is 0.389. The standard InChI is InChI=1S/C18H19ClN2O6S/c1-21(28(2,24)25)15-9-12(19)5-6-13(15)17(23)16-14(7-8-26-10-22)20-27-18(16)11-3-4-11/h5-6,9-11H,3-4,7-8H2,1-2H3. The van der Waals surface area contributed by atoms with Gasteiger partial charge in [-0.3, -0.25) is 13.9 Å². The Morgan fingerprint density at radius 2 is 2.14 bits per heavy atom. The molecule has 0 bridgehead atoms. The largest absolute Gasteiger partial charge is 0.467 e. The van der Waals surface area contributed by atoms with Gasteiger partial charge in [0, 0.05) is 30.0 Å². The van der Waals surface area contributed by atoms with Gasteiger partial charge in [-0.15, -0.1) is 0 Å². The molecule has 1 aliphatic carbocycles. The van der Waals surface area contributed by atoms with Gasteiger partial charge < -0.3 is 9.26 Å². The highest BCUT2D eigenvalue weighted by Crippen LogP contribution is 2.43. The maximum Gasteiger partial charge on any atom is 0.293 e. The van der Waals surface area contributed by atoms with Gasteiger partial charge in [0.15, 0.2) is 5.76 Å². The molecule has 1 saturated carbocycles. The number of anilines is 1. The summed E-state index contributed by atoms with van der Waals surface area (Å²) in [6, 6.07) is 4.43. The van der Waals surface area contributed by atoms with Crippen molar-refractivity contribution < 1.29 is 27.3 Å². The summed E-state index contributed by atoms with van der Waals surface area (Å²) in [6.45, 7) is 0.374. The summed E-state index contributed by atoms with van der Waals surface area (Å²) in [5.74, 6) is 0.177. The Morgan fingerprint density at radius 1 is 1.43 bits per heavy atom. The molecule has 150 valence electrons. The molecule has 0 spiro atoms. The maximum atomic E-state index is 13.4. The van der Waals surface area contributed by atoms with Crippen LogP contribution in [-0.2, 0) is 26.0 Å².